The van der Waals surface area contributed by atoms with Gasteiger partial charge in [-0.05, 0) is 42.5 Å². The number of benzene rings is 2. The Labute approximate surface area is 109 Å². The molecule has 0 bridgehead atoms. The lowest BCUT2D eigenvalue weighted by Crippen LogP contribution is -1.93. The molecule has 0 saturated heterocycles. The molecular weight excluding hydrogens is 248 g/mol. The number of hydrogen-bond acceptors (Lipinski definition) is 4. The minimum atomic E-state index is -0.957. The summed E-state index contributed by atoms with van der Waals surface area (Å²) in [5.74, 6) is -0.957. The van der Waals surface area contributed by atoms with Crippen molar-refractivity contribution in [1.82, 2.24) is 0 Å². The second-order valence-electron chi connectivity index (χ2n) is 3.57. The van der Waals surface area contributed by atoms with E-state index in [1.807, 2.05) is 18.2 Å². The fraction of sp³-hybridized carbons (Fsp3) is 0. The SMILES string of the molecule is O=C(O)c1ccc(N=Nc2cccc(S)c2)cc1. The van der Waals surface area contributed by atoms with Crippen molar-refractivity contribution >= 4 is 30.0 Å². The summed E-state index contributed by atoms with van der Waals surface area (Å²) >= 11 is 4.20. The molecule has 5 heteroatoms. The van der Waals surface area contributed by atoms with Crippen molar-refractivity contribution in [1.29, 1.82) is 0 Å². The zero-order chi connectivity index (χ0) is 13.0. The molecule has 0 aliphatic heterocycles. The third-order valence-corrected chi connectivity index (χ3v) is 2.50. The van der Waals surface area contributed by atoms with E-state index in [4.69, 9.17) is 5.11 Å². The molecule has 90 valence electrons. The smallest absolute Gasteiger partial charge is 0.335 e. The van der Waals surface area contributed by atoms with Crippen molar-refractivity contribution in [2.45, 2.75) is 4.90 Å². The first-order valence-electron chi connectivity index (χ1n) is 5.19. The highest BCUT2D eigenvalue weighted by Crippen LogP contribution is 2.20. The Kier molecular flexibility index (Phi) is 3.74. The number of thiol groups is 1. The highest BCUT2D eigenvalue weighted by molar-refractivity contribution is 7.80. The van der Waals surface area contributed by atoms with Gasteiger partial charge in [0, 0.05) is 4.90 Å². The second-order valence-corrected chi connectivity index (χ2v) is 4.09. The van der Waals surface area contributed by atoms with Crippen LogP contribution in [0.5, 0.6) is 0 Å². The lowest BCUT2D eigenvalue weighted by Gasteiger charge is -1.96. The molecular formula is C13H10N2O2S. The first-order valence-corrected chi connectivity index (χ1v) is 5.64. The molecule has 0 atom stereocenters. The number of nitrogens with zero attached hydrogens (tertiary/aromatic N) is 2. The number of carbonyl (C=O) groups is 1. The number of hydrogen-bond donors (Lipinski definition) is 2. The third-order valence-electron chi connectivity index (χ3n) is 2.22. The van der Waals surface area contributed by atoms with Crippen molar-refractivity contribution in [2.24, 2.45) is 10.2 Å². The number of azo groups is 1. The first-order chi connectivity index (χ1) is 8.65. The average molecular weight is 258 g/mol. The lowest BCUT2D eigenvalue weighted by atomic mass is 10.2. The molecule has 1 N–H and O–H groups in total. The molecule has 0 amide bonds. The molecule has 0 heterocycles. The maximum absolute atomic E-state index is 10.7. The van der Waals surface area contributed by atoms with Crippen LogP contribution in [0.2, 0.25) is 0 Å². The first kappa shape index (κ1) is 12.3. The largest absolute Gasteiger partial charge is 0.478 e. The van der Waals surface area contributed by atoms with E-state index >= 15 is 0 Å². The van der Waals surface area contributed by atoms with E-state index in [0.29, 0.717) is 11.4 Å². The van der Waals surface area contributed by atoms with Crippen LogP contribution in [-0.2, 0) is 0 Å². The number of carboxylic acids is 1. The van der Waals surface area contributed by atoms with Gasteiger partial charge in [-0.3, -0.25) is 0 Å². The van der Waals surface area contributed by atoms with E-state index in [-0.39, 0.29) is 5.56 Å². The summed E-state index contributed by atoms with van der Waals surface area (Å²) in [5.41, 5.74) is 1.53. The maximum atomic E-state index is 10.7. The molecule has 2 rings (SSSR count). The predicted octanol–water partition coefficient (Wildman–Crippen LogP) is 4.09. The summed E-state index contributed by atoms with van der Waals surface area (Å²) in [6.07, 6.45) is 0. The Morgan fingerprint density at radius 3 is 2.28 bits per heavy atom. The molecule has 4 nitrogen and oxygen atoms in total. The minimum Gasteiger partial charge on any atom is -0.478 e. The zero-order valence-corrected chi connectivity index (χ0v) is 10.2. The fourth-order valence-electron chi connectivity index (χ4n) is 1.34. The van der Waals surface area contributed by atoms with Crippen LogP contribution in [-0.4, -0.2) is 11.1 Å². The Bertz CT molecular complexity index is 594. The van der Waals surface area contributed by atoms with Crippen molar-refractivity contribution in [3.05, 3.63) is 54.1 Å². The van der Waals surface area contributed by atoms with Crippen LogP contribution < -0.4 is 0 Å². The lowest BCUT2D eigenvalue weighted by molar-refractivity contribution is 0.0697. The van der Waals surface area contributed by atoms with Crippen LogP contribution in [0.25, 0.3) is 0 Å². The summed E-state index contributed by atoms with van der Waals surface area (Å²) in [4.78, 5) is 11.5. The molecule has 2 aromatic rings. The number of rotatable bonds is 3. The van der Waals surface area contributed by atoms with Gasteiger partial charge in [-0.25, -0.2) is 4.79 Å². The molecule has 18 heavy (non-hydrogen) atoms. The summed E-state index contributed by atoms with van der Waals surface area (Å²) in [6.45, 7) is 0. The summed E-state index contributed by atoms with van der Waals surface area (Å²) < 4.78 is 0. The van der Waals surface area contributed by atoms with Gasteiger partial charge in [0.25, 0.3) is 0 Å². The van der Waals surface area contributed by atoms with E-state index in [1.54, 1.807) is 18.2 Å². The van der Waals surface area contributed by atoms with E-state index in [2.05, 4.69) is 22.9 Å². The van der Waals surface area contributed by atoms with Crippen LogP contribution in [0.4, 0.5) is 11.4 Å². The van der Waals surface area contributed by atoms with Crippen LogP contribution in [0.15, 0.2) is 63.7 Å². The Morgan fingerprint density at radius 2 is 1.67 bits per heavy atom. The molecule has 0 radical (unpaired) electrons. The molecule has 2 aromatic carbocycles. The summed E-state index contributed by atoms with van der Waals surface area (Å²) in [6, 6.07) is 13.5. The maximum Gasteiger partial charge on any atom is 0.335 e. The van der Waals surface area contributed by atoms with Gasteiger partial charge in [-0.1, -0.05) is 6.07 Å². The predicted molar refractivity (Wildman–Crippen MR) is 71.3 cm³/mol. The molecule has 0 unspecified atom stereocenters. The van der Waals surface area contributed by atoms with Crippen LogP contribution >= 0.6 is 12.6 Å². The van der Waals surface area contributed by atoms with Gasteiger partial charge in [0.05, 0.1) is 16.9 Å². The van der Waals surface area contributed by atoms with Gasteiger partial charge in [0.2, 0.25) is 0 Å². The minimum absolute atomic E-state index is 0.228. The quantitative estimate of drug-likeness (QED) is 0.643. The van der Waals surface area contributed by atoms with E-state index in [1.165, 1.54) is 12.1 Å². The summed E-state index contributed by atoms with van der Waals surface area (Å²) in [7, 11) is 0. The van der Waals surface area contributed by atoms with Crippen molar-refractivity contribution in [3.63, 3.8) is 0 Å². The van der Waals surface area contributed by atoms with Gasteiger partial charge in [-0.15, -0.1) is 12.6 Å². The molecule has 0 aliphatic rings. The summed E-state index contributed by atoms with van der Waals surface area (Å²) in [5, 5.41) is 16.8. The van der Waals surface area contributed by atoms with Gasteiger partial charge in [0.1, 0.15) is 0 Å². The molecule has 0 saturated carbocycles. The molecule has 0 fully saturated rings. The van der Waals surface area contributed by atoms with Crippen molar-refractivity contribution < 1.29 is 9.90 Å². The van der Waals surface area contributed by atoms with E-state index < -0.39 is 5.97 Å². The number of aromatic carboxylic acids is 1. The highest BCUT2D eigenvalue weighted by Gasteiger charge is 2.00. The van der Waals surface area contributed by atoms with Crippen LogP contribution in [0.3, 0.4) is 0 Å². The Hall–Kier alpha value is -2.14. The van der Waals surface area contributed by atoms with E-state index in [9.17, 15) is 4.79 Å². The molecule has 0 aliphatic carbocycles. The fourth-order valence-corrected chi connectivity index (χ4v) is 1.56. The van der Waals surface area contributed by atoms with Gasteiger partial charge in [-0.2, -0.15) is 10.2 Å². The molecule has 0 spiro atoms. The van der Waals surface area contributed by atoms with Crippen molar-refractivity contribution in [3.8, 4) is 0 Å². The molecule has 0 aromatic heterocycles. The Balaban J connectivity index is 2.16. The second kappa shape index (κ2) is 5.46. The standard InChI is InChI=1S/C13H10N2O2S/c16-13(17)9-4-6-10(7-5-9)14-15-11-2-1-3-12(18)8-11/h1-8,18H,(H,16,17). The third kappa shape index (κ3) is 3.18. The number of carboxylic acid groups (broad SMARTS) is 1. The van der Waals surface area contributed by atoms with Gasteiger partial charge >= 0.3 is 5.97 Å². The van der Waals surface area contributed by atoms with Crippen LogP contribution in [0, 0.1) is 0 Å². The topological polar surface area (TPSA) is 62.0 Å². The zero-order valence-electron chi connectivity index (χ0n) is 9.32. The van der Waals surface area contributed by atoms with Crippen molar-refractivity contribution in [2.75, 3.05) is 0 Å². The normalized spacial score (nSPS) is 10.7. The highest BCUT2D eigenvalue weighted by atomic mass is 32.1. The van der Waals surface area contributed by atoms with Gasteiger partial charge in [0.15, 0.2) is 0 Å². The monoisotopic (exact) mass is 258 g/mol. The van der Waals surface area contributed by atoms with Gasteiger partial charge < -0.3 is 5.11 Å². The van der Waals surface area contributed by atoms with Crippen LogP contribution in [0.1, 0.15) is 10.4 Å². The Morgan fingerprint density at radius 1 is 1.00 bits per heavy atom. The average Bonchev–Trinajstić information content (AvgIpc) is 2.37. The van der Waals surface area contributed by atoms with E-state index in [0.717, 1.165) is 4.90 Å².